The second-order valence-corrected chi connectivity index (χ2v) is 5.90. The second-order valence-electron chi connectivity index (χ2n) is 5.47. The van der Waals surface area contributed by atoms with E-state index in [1.807, 2.05) is 0 Å². The Labute approximate surface area is 153 Å². The van der Waals surface area contributed by atoms with Crippen molar-refractivity contribution < 1.29 is 14.3 Å². The van der Waals surface area contributed by atoms with Crippen LogP contribution in [0.4, 0.5) is 17.2 Å². The number of fused-ring (bicyclic) bond motifs is 1. The van der Waals surface area contributed by atoms with Crippen molar-refractivity contribution in [1.29, 1.82) is 0 Å². The molecule has 8 nitrogen and oxygen atoms in total. The van der Waals surface area contributed by atoms with Crippen LogP contribution in [0.2, 0.25) is 5.02 Å². The van der Waals surface area contributed by atoms with Crippen LogP contribution in [0.1, 0.15) is 10.5 Å². The van der Waals surface area contributed by atoms with Gasteiger partial charge in [-0.2, -0.15) is 5.21 Å². The van der Waals surface area contributed by atoms with Crippen molar-refractivity contribution in [3.05, 3.63) is 53.2 Å². The maximum Gasteiger partial charge on any atom is 0.280 e. The molecule has 1 amide bonds. The van der Waals surface area contributed by atoms with Gasteiger partial charge in [0.1, 0.15) is 13.2 Å². The summed E-state index contributed by atoms with van der Waals surface area (Å²) in [7, 11) is 0. The van der Waals surface area contributed by atoms with Crippen LogP contribution in [0.25, 0.3) is 0 Å². The fourth-order valence-corrected chi connectivity index (χ4v) is 2.58. The van der Waals surface area contributed by atoms with Crippen LogP contribution in [0, 0.1) is 0 Å². The van der Waals surface area contributed by atoms with E-state index in [4.69, 9.17) is 21.1 Å². The molecule has 3 N–H and O–H groups in total. The summed E-state index contributed by atoms with van der Waals surface area (Å²) in [4.78, 5) is 12.5. The zero-order valence-corrected chi connectivity index (χ0v) is 14.2. The van der Waals surface area contributed by atoms with Gasteiger partial charge in [-0.15, -0.1) is 10.2 Å². The summed E-state index contributed by atoms with van der Waals surface area (Å²) in [6.45, 7) is 0.986. The Balaban J connectivity index is 1.50. The molecule has 0 fully saturated rings. The van der Waals surface area contributed by atoms with Crippen molar-refractivity contribution in [3.8, 4) is 11.5 Å². The van der Waals surface area contributed by atoms with E-state index in [2.05, 4.69) is 26.0 Å². The van der Waals surface area contributed by atoms with Crippen LogP contribution in [0.5, 0.6) is 11.5 Å². The standard InChI is InChI=1S/C17H14ClN5O3/c18-10-1-3-11(4-2-10)19-16-15(21-23-22-16)17(24)20-12-5-6-13-14(9-12)26-8-7-25-13/h1-6,9H,7-8H2,(H,20,24)(H2,19,21,22,23). The SMILES string of the molecule is O=C(Nc1ccc2c(c1)OCCO2)c1n[nH]nc1Nc1ccc(Cl)cc1. The van der Waals surface area contributed by atoms with Gasteiger partial charge >= 0.3 is 0 Å². The predicted octanol–water partition coefficient (Wildman–Crippen LogP) is 3.23. The quantitative estimate of drug-likeness (QED) is 0.651. The van der Waals surface area contributed by atoms with E-state index in [1.54, 1.807) is 42.5 Å². The topological polar surface area (TPSA) is 101 Å². The minimum atomic E-state index is -0.410. The zero-order valence-electron chi connectivity index (χ0n) is 13.5. The van der Waals surface area contributed by atoms with Gasteiger partial charge in [-0.1, -0.05) is 11.6 Å². The Hall–Kier alpha value is -3.26. The normalized spacial score (nSPS) is 12.5. The molecule has 1 aliphatic heterocycles. The molecule has 1 aromatic heterocycles. The van der Waals surface area contributed by atoms with E-state index in [0.29, 0.717) is 41.2 Å². The van der Waals surface area contributed by atoms with Crippen molar-refractivity contribution in [2.24, 2.45) is 0 Å². The maximum absolute atomic E-state index is 12.5. The number of carbonyl (C=O) groups is 1. The van der Waals surface area contributed by atoms with Crippen LogP contribution in [-0.4, -0.2) is 34.5 Å². The molecule has 9 heteroatoms. The van der Waals surface area contributed by atoms with Crippen LogP contribution >= 0.6 is 11.6 Å². The van der Waals surface area contributed by atoms with Crippen molar-refractivity contribution in [1.82, 2.24) is 15.4 Å². The maximum atomic E-state index is 12.5. The van der Waals surface area contributed by atoms with Crippen LogP contribution in [0.3, 0.4) is 0 Å². The highest BCUT2D eigenvalue weighted by atomic mass is 35.5. The molecule has 2 aromatic carbocycles. The second kappa shape index (κ2) is 6.93. The number of hydrogen-bond donors (Lipinski definition) is 3. The Kier molecular flexibility index (Phi) is 4.32. The number of H-pyrrole nitrogens is 1. The molecule has 2 heterocycles. The summed E-state index contributed by atoms with van der Waals surface area (Å²) < 4.78 is 11.0. The van der Waals surface area contributed by atoms with Crippen LogP contribution < -0.4 is 20.1 Å². The van der Waals surface area contributed by atoms with Gasteiger partial charge in [0, 0.05) is 22.5 Å². The molecule has 0 radical (unpaired) electrons. The number of anilines is 3. The molecule has 0 bridgehead atoms. The lowest BCUT2D eigenvalue weighted by molar-refractivity contribution is 0.102. The van der Waals surface area contributed by atoms with E-state index in [9.17, 15) is 4.79 Å². The number of nitrogens with one attached hydrogen (secondary N) is 3. The largest absolute Gasteiger partial charge is 0.486 e. The third-order valence-corrected chi connectivity index (χ3v) is 3.92. The highest BCUT2D eigenvalue weighted by molar-refractivity contribution is 6.30. The van der Waals surface area contributed by atoms with Gasteiger partial charge < -0.3 is 20.1 Å². The van der Waals surface area contributed by atoms with Gasteiger partial charge in [-0.25, -0.2) is 0 Å². The third kappa shape index (κ3) is 3.40. The number of aromatic nitrogens is 3. The van der Waals surface area contributed by atoms with Gasteiger partial charge in [-0.3, -0.25) is 4.79 Å². The van der Waals surface area contributed by atoms with E-state index in [-0.39, 0.29) is 5.69 Å². The number of hydrogen-bond acceptors (Lipinski definition) is 6. The number of benzene rings is 2. The van der Waals surface area contributed by atoms with Crippen molar-refractivity contribution in [2.75, 3.05) is 23.8 Å². The van der Waals surface area contributed by atoms with Crippen molar-refractivity contribution >= 4 is 34.7 Å². The molecule has 132 valence electrons. The smallest absolute Gasteiger partial charge is 0.280 e. The van der Waals surface area contributed by atoms with E-state index in [0.717, 1.165) is 5.69 Å². The number of amides is 1. The van der Waals surface area contributed by atoms with Crippen LogP contribution in [-0.2, 0) is 0 Å². The lowest BCUT2D eigenvalue weighted by Gasteiger charge is -2.18. The fourth-order valence-electron chi connectivity index (χ4n) is 2.46. The van der Waals surface area contributed by atoms with Crippen molar-refractivity contribution in [2.45, 2.75) is 0 Å². The summed E-state index contributed by atoms with van der Waals surface area (Å²) in [5, 5.41) is 16.8. The molecule has 0 unspecified atom stereocenters. The molecule has 4 rings (SSSR count). The van der Waals surface area contributed by atoms with E-state index in [1.165, 1.54) is 0 Å². The molecule has 0 spiro atoms. The van der Waals surface area contributed by atoms with Gasteiger partial charge in [0.25, 0.3) is 5.91 Å². The molecule has 0 saturated carbocycles. The Bertz CT molecular complexity index is 942. The Morgan fingerprint density at radius 1 is 1.00 bits per heavy atom. The molecular weight excluding hydrogens is 358 g/mol. The summed E-state index contributed by atoms with van der Waals surface area (Å²) in [6.07, 6.45) is 0. The highest BCUT2D eigenvalue weighted by Crippen LogP contribution is 2.32. The average molecular weight is 372 g/mol. The summed E-state index contributed by atoms with van der Waals surface area (Å²) >= 11 is 5.87. The molecule has 0 atom stereocenters. The number of nitrogens with zero attached hydrogens (tertiary/aromatic N) is 2. The zero-order chi connectivity index (χ0) is 17.9. The molecule has 3 aromatic rings. The monoisotopic (exact) mass is 371 g/mol. The molecular formula is C17H14ClN5O3. The molecule has 26 heavy (non-hydrogen) atoms. The third-order valence-electron chi connectivity index (χ3n) is 3.67. The number of rotatable bonds is 4. The first-order valence-electron chi connectivity index (χ1n) is 7.83. The molecule has 0 saturated heterocycles. The van der Waals surface area contributed by atoms with E-state index >= 15 is 0 Å². The lowest BCUT2D eigenvalue weighted by atomic mass is 10.2. The summed E-state index contributed by atoms with van der Waals surface area (Å²) in [5.74, 6) is 1.14. The van der Waals surface area contributed by atoms with Crippen molar-refractivity contribution in [3.63, 3.8) is 0 Å². The van der Waals surface area contributed by atoms with Gasteiger partial charge in [0.2, 0.25) is 0 Å². The fraction of sp³-hybridized carbons (Fsp3) is 0.118. The molecule has 0 aliphatic carbocycles. The van der Waals surface area contributed by atoms with Crippen LogP contribution in [0.15, 0.2) is 42.5 Å². The van der Waals surface area contributed by atoms with Gasteiger partial charge in [-0.05, 0) is 36.4 Å². The molecule has 1 aliphatic rings. The predicted molar refractivity (Wildman–Crippen MR) is 96.5 cm³/mol. The number of halogens is 1. The average Bonchev–Trinajstić information content (AvgIpc) is 3.12. The number of ether oxygens (including phenoxy) is 2. The highest BCUT2D eigenvalue weighted by Gasteiger charge is 2.18. The lowest BCUT2D eigenvalue weighted by Crippen LogP contribution is -2.17. The Morgan fingerprint density at radius 2 is 1.73 bits per heavy atom. The number of aromatic amines is 1. The number of carbonyl (C=O) groups excluding carboxylic acids is 1. The van der Waals surface area contributed by atoms with Gasteiger partial charge in [0.05, 0.1) is 0 Å². The Morgan fingerprint density at radius 3 is 2.54 bits per heavy atom. The minimum absolute atomic E-state index is 0.134. The first-order chi connectivity index (χ1) is 12.7. The van der Waals surface area contributed by atoms with E-state index < -0.39 is 5.91 Å². The first-order valence-corrected chi connectivity index (χ1v) is 8.21. The van der Waals surface area contributed by atoms with Gasteiger partial charge in [0.15, 0.2) is 23.0 Å². The first kappa shape index (κ1) is 16.2. The summed E-state index contributed by atoms with van der Waals surface area (Å²) in [6, 6.07) is 12.2. The minimum Gasteiger partial charge on any atom is -0.486 e. The summed E-state index contributed by atoms with van der Waals surface area (Å²) in [5.41, 5.74) is 1.44.